The summed E-state index contributed by atoms with van der Waals surface area (Å²) in [5.41, 5.74) is 2.71. The van der Waals surface area contributed by atoms with Crippen molar-refractivity contribution in [3.8, 4) is 0 Å². The first-order chi connectivity index (χ1) is 17.9. The highest BCUT2D eigenvalue weighted by Gasteiger charge is 2.33. The average Bonchev–Trinajstić information content (AvgIpc) is 2.85. The maximum absolute atomic E-state index is 14.0. The van der Waals surface area contributed by atoms with Crippen LogP contribution in [0.4, 0.5) is 10.1 Å². The number of aryl methyl sites for hydroxylation is 1. The third-order valence-electron chi connectivity index (χ3n) is 5.95. The van der Waals surface area contributed by atoms with Crippen LogP contribution in [-0.2, 0) is 32.6 Å². The van der Waals surface area contributed by atoms with Crippen molar-refractivity contribution >= 4 is 27.5 Å². The summed E-state index contributed by atoms with van der Waals surface area (Å²) in [5, 5.41) is 2.90. The maximum atomic E-state index is 14.0. The lowest BCUT2D eigenvalue weighted by molar-refractivity contribution is -0.140. The summed E-state index contributed by atoms with van der Waals surface area (Å²) in [5.74, 6) is -1.56. The molecule has 3 aromatic rings. The highest BCUT2D eigenvalue weighted by atomic mass is 32.2. The van der Waals surface area contributed by atoms with Crippen LogP contribution in [0.2, 0.25) is 0 Å². The summed E-state index contributed by atoms with van der Waals surface area (Å²) in [6.45, 7) is 5.11. The lowest BCUT2D eigenvalue weighted by Crippen LogP contribution is -2.54. The molecule has 0 aliphatic rings. The van der Waals surface area contributed by atoms with E-state index in [0.29, 0.717) is 0 Å². The summed E-state index contributed by atoms with van der Waals surface area (Å²) in [4.78, 5) is 28.8. The van der Waals surface area contributed by atoms with Crippen molar-refractivity contribution in [2.45, 2.75) is 45.8 Å². The normalized spacial score (nSPS) is 12.2. The molecule has 3 rings (SSSR count). The maximum Gasteiger partial charge on any atom is 0.244 e. The van der Waals surface area contributed by atoms with E-state index in [9.17, 15) is 22.4 Å². The first-order valence-electron chi connectivity index (χ1n) is 12.4. The fourth-order valence-corrected chi connectivity index (χ4v) is 4.91. The largest absolute Gasteiger partial charge is 0.352 e. The minimum absolute atomic E-state index is 0.0300. The van der Waals surface area contributed by atoms with Crippen LogP contribution in [0.3, 0.4) is 0 Å². The van der Waals surface area contributed by atoms with Crippen LogP contribution >= 0.6 is 0 Å². The minimum atomic E-state index is -3.95. The monoisotopic (exact) mass is 539 g/mol. The second-order valence-corrected chi connectivity index (χ2v) is 11.5. The van der Waals surface area contributed by atoms with Gasteiger partial charge < -0.3 is 10.2 Å². The lowest BCUT2D eigenvalue weighted by Gasteiger charge is -2.34. The molecule has 1 atom stereocenters. The zero-order chi connectivity index (χ0) is 27.9. The number of anilines is 1. The Morgan fingerprint density at radius 3 is 2.16 bits per heavy atom. The van der Waals surface area contributed by atoms with Gasteiger partial charge in [0, 0.05) is 19.0 Å². The topological polar surface area (TPSA) is 86.8 Å². The van der Waals surface area contributed by atoms with E-state index in [0.717, 1.165) is 33.3 Å². The van der Waals surface area contributed by atoms with Crippen molar-refractivity contribution in [2.75, 3.05) is 17.1 Å². The lowest BCUT2D eigenvalue weighted by atomic mass is 10.0. The predicted molar refractivity (Wildman–Crippen MR) is 148 cm³/mol. The van der Waals surface area contributed by atoms with E-state index in [4.69, 9.17) is 0 Å². The number of halogens is 1. The molecule has 2 amide bonds. The van der Waals surface area contributed by atoms with E-state index < -0.39 is 34.3 Å². The van der Waals surface area contributed by atoms with E-state index in [-0.39, 0.29) is 30.6 Å². The fraction of sp³-hybridized carbons (Fsp3) is 0.310. The number of hydrogen-bond acceptors (Lipinski definition) is 4. The Labute approximate surface area is 224 Å². The number of amides is 2. The van der Waals surface area contributed by atoms with Crippen LogP contribution in [0.1, 0.15) is 30.5 Å². The smallest absolute Gasteiger partial charge is 0.244 e. The summed E-state index contributed by atoms with van der Waals surface area (Å²) in [6.07, 6.45) is 1.19. The van der Waals surface area contributed by atoms with Gasteiger partial charge in [0.15, 0.2) is 0 Å². The quantitative estimate of drug-likeness (QED) is 0.398. The molecule has 0 heterocycles. The summed E-state index contributed by atoms with van der Waals surface area (Å²) >= 11 is 0. The molecular weight excluding hydrogens is 505 g/mol. The van der Waals surface area contributed by atoms with Gasteiger partial charge in [-0.1, -0.05) is 66.2 Å². The van der Waals surface area contributed by atoms with Gasteiger partial charge in [-0.15, -0.1) is 0 Å². The van der Waals surface area contributed by atoms with Crippen molar-refractivity contribution in [3.63, 3.8) is 0 Å². The highest BCUT2D eigenvalue weighted by Crippen LogP contribution is 2.21. The van der Waals surface area contributed by atoms with E-state index in [1.165, 1.54) is 23.1 Å². The van der Waals surface area contributed by atoms with Gasteiger partial charge in [-0.2, -0.15) is 0 Å². The molecule has 0 unspecified atom stereocenters. The third kappa shape index (κ3) is 8.14. The molecule has 3 aromatic carbocycles. The Bertz CT molecular complexity index is 1350. The number of nitrogens with zero attached hydrogens (tertiary/aromatic N) is 2. The molecular formula is C29H34FN3O4S. The Balaban J connectivity index is 2.05. The average molecular weight is 540 g/mol. The van der Waals surface area contributed by atoms with E-state index in [2.05, 4.69) is 5.32 Å². The summed E-state index contributed by atoms with van der Waals surface area (Å²) in [6, 6.07) is 20.9. The van der Waals surface area contributed by atoms with Gasteiger partial charge in [-0.3, -0.25) is 13.9 Å². The van der Waals surface area contributed by atoms with Crippen molar-refractivity contribution in [3.05, 3.63) is 101 Å². The fourth-order valence-electron chi connectivity index (χ4n) is 4.07. The van der Waals surface area contributed by atoms with Gasteiger partial charge in [-0.05, 0) is 50.1 Å². The number of nitrogens with one attached hydrogen (secondary N) is 1. The number of sulfonamides is 1. The zero-order valence-corrected chi connectivity index (χ0v) is 22.9. The molecule has 0 aromatic heterocycles. The molecule has 0 fully saturated rings. The van der Waals surface area contributed by atoms with Crippen LogP contribution in [0.15, 0.2) is 78.9 Å². The number of carbonyl (C=O) groups is 2. The number of carbonyl (C=O) groups excluding carboxylic acids is 2. The third-order valence-corrected chi connectivity index (χ3v) is 7.09. The Kier molecular flexibility index (Phi) is 9.63. The standard InChI is InChI=1S/C29H34FN3O4S/c1-21(2)31-29(35)27(17-23-9-6-5-7-10-23)32(19-24-15-13-22(3)14-16-24)28(34)20-33(38(4,36)37)26-12-8-11-25(30)18-26/h5-16,18,21,27H,17,19-20H2,1-4H3,(H,31,35)/t27-/m1/s1. The number of hydrogen-bond donors (Lipinski definition) is 1. The van der Waals surface area contributed by atoms with Crippen molar-refractivity contribution in [2.24, 2.45) is 0 Å². The van der Waals surface area contributed by atoms with Gasteiger partial charge in [0.2, 0.25) is 21.8 Å². The first-order valence-corrected chi connectivity index (χ1v) is 14.2. The second kappa shape index (κ2) is 12.7. The minimum Gasteiger partial charge on any atom is -0.352 e. The molecule has 202 valence electrons. The Morgan fingerprint density at radius 2 is 1.58 bits per heavy atom. The molecule has 38 heavy (non-hydrogen) atoms. The molecule has 0 aliphatic carbocycles. The van der Waals surface area contributed by atoms with Crippen LogP contribution in [0, 0.1) is 12.7 Å². The number of rotatable bonds is 11. The highest BCUT2D eigenvalue weighted by molar-refractivity contribution is 7.92. The van der Waals surface area contributed by atoms with Crippen LogP contribution in [0.25, 0.3) is 0 Å². The van der Waals surface area contributed by atoms with Gasteiger partial charge in [-0.25, -0.2) is 12.8 Å². The molecule has 9 heteroatoms. The Morgan fingerprint density at radius 1 is 0.921 bits per heavy atom. The van der Waals surface area contributed by atoms with Crippen molar-refractivity contribution in [1.82, 2.24) is 10.2 Å². The molecule has 0 spiro atoms. The van der Waals surface area contributed by atoms with E-state index in [1.807, 2.05) is 75.4 Å². The Hall–Kier alpha value is -3.72. The SMILES string of the molecule is Cc1ccc(CN(C(=O)CN(c2cccc(F)c2)S(C)(=O)=O)[C@H](Cc2ccccc2)C(=O)NC(C)C)cc1. The van der Waals surface area contributed by atoms with E-state index >= 15 is 0 Å². The molecule has 0 radical (unpaired) electrons. The van der Waals surface area contributed by atoms with E-state index in [1.54, 1.807) is 0 Å². The zero-order valence-electron chi connectivity index (χ0n) is 22.1. The molecule has 0 saturated heterocycles. The molecule has 0 bridgehead atoms. The second-order valence-electron chi connectivity index (χ2n) is 9.63. The van der Waals surface area contributed by atoms with Crippen molar-refractivity contribution < 1.29 is 22.4 Å². The van der Waals surface area contributed by atoms with Crippen LogP contribution in [0.5, 0.6) is 0 Å². The molecule has 0 saturated carbocycles. The van der Waals surface area contributed by atoms with Crippen LogP contribution < -0.4 is 9.62 Å². The summed E-state index contributed by atoms with van der Waals surface area (Å²) < 4.78 is 40.2. The van der Waals surface area contributed by atoms with Crippen molar-refractivity contribution in [1.29, 1.82) is 0 Å². The van der Waals surface area contributed by atoms with Gasteiger partial charge >= 0.3 is 0 Å². The summed E-state index contributed by atoms with van der Waals surface area (Å²) in [7, 11) is -3.95. The number of benzene rings is 3. The molecule has 7 nitrogen and oxygen atoms in total. The molecule has 1 N–H and O–H groups in total. The van der Waals surface area contributed by atoms with Gasteiger partial charge in [0.1, 0.15) is 18.4 Å². The van der Waals surface area contributed by atoms with Crippen LogP contribution in [-0.4, -0.2) is 50.0 Å². The molecule has 0 aliphatic heterocycles. The first kappa shape index (κ1) is 28.8. The predicted octanol–water partition coefficient (Wildman–Crippen LogP) is 4.06. The van der Waals surface area contributed by atoms with Gasteiger partial charge in [0.05, 0.1) is 11.9 Å². The van der Waals surface area contributed by atoms with Gasteiger partial charge in [0.25, 0.3) is 0 Å².